The Morgan fingerprint density at radius 1 is 0.873 bits per heavy atom. The van der Waals surface area contributed by atoms with E-state index < -0.39 is 42.0 Å². The highest BCUT2D eigenvalue weighted by molar-refractivity contribution is 6.11. The fourth-order valence-corrected chi connectivity index (χ4v) is 7.28. The number of fused-ring (bicyclic) bond motifs is 3. The average Bonchev–Trinajstić information content (AvgIpc) is 3.98. The van der Waals surface area contributed by atoms with E-state index in [2.05, 4.69) is 25.3 Å². The van der Waals surface area contributed by atoms with Crippen molar-refractivity contribution in [2.24, 2.45) is 0 Å². The lowest BCUT2D eigenvalue weighted by Crippen LogP contribution is -2.37. The molecule has 55 heavy (non-hydrogen) atoms. The molecule has 6 heterocycles. The summed E-state index contributed by atoms with van der Waals surface area (Å²) in [4.78, 5) is 44.7. The van der Waals surface area contributed by atoms with E-state index in [1.165, 1.54) is 12.4 Å². The van der Waals surface area contributed by atoms with Crippen LogP contribution >= 0.6 is 0 Å². The van der Waals surface area contributed by atoms with Gasteiger partial charge in [-0.3, -0.25) is 19.1 Å². The number of nitrogens with two attached hydrogens (primary N) is 1. The SMILES string of the molecule is CC1(C)OC2[C@@H](C=CCNC(=O)c3cc(C(=O)c4ccncc4)cc4c3OC(c3ccccc3)(c3ccccc3)O4)O[C@@H](n3cnc4c(N)ncnc43)[C@H]2O1. The summed E-state index contributed by atoms with van der Waals surface area (Å²) < 4.78 is 34.1. The number of amides is 1. The van der Waals surface area contributed by atoms with Gasteiger partial charge in [-0.1, -0.05) is 72.8 Å². The van der Waals surface area contributed by atoms with E-state index in [9.17, 15) is 9.59 Å². The number of pyridine rings is 1. The fraction of sp³-hybridized carbons (Fsp3) is 0.220. The standard InChI is InChI=1S/C41H35N7O7/c1-40(2)53-34-29(51-39(35(34)54-40)48-23-47-31-36(42)45-22-46-37(31)48)14-9-17-44-38(50)28-20-25(32(49)24-15-18-43-19-16-24)21-30-33(28)55-41(52-30,26-10-5-3-6-11-26)27-12-7-4-8-13-27/h3-16,18-23,29,34-35,39H,17H2,1-2H3,(H,44,50)(H2,42,45,46)/t29-,34?,35+,39-/m1/s1. The molecule has 4 atom stereocenters. The van der Waals surface area contributed by atoms with E-state index >= 15 is 0 Å². The molecule has 14 nitrogen and oxygen atoms in total. The maximum atomic E-state index is 14.1. The van der Waals surface area contributed by atoms with Crippen molar-refractivity contribution in [2.45, 2.75) is 50.0 Å². The lowest BCUT2D eigenvalue weighted by Gasteiger charge is -2.28. The molecule has 3 N–H and O–H groups in total. The molecule has 276 valence electrons. The Morgan fingerprint density at radius 2 is 1.58 bits per heavy atom. The minimum Gasteiger partial charge on any atom is -0.440 e. The van der Waals surface area contributed by atoms with Crippen LogP contribution in [0.25, 0.3) is 11.2 Å². The summed E-state index contributed by atoms with van der Waals surface area (Å²) in [5, 5.41) is 2.95. The molecule has 9 rings (SSSR count). The molecule has 1 amide bonds. The Labute approximate surface area is 314 Å². The molecule has 0 saturated carbocycles. The van der Waals surface area contributed by atoms with Crippen LogP contribution in [0, 0.1) is 0 Å². The van der Waals surface area contributed by atoms with E-state index in [0.29, 0.717) is 27.9 Å². The number of benzene rings is 3. The number of nitrogen functional groups attached to an aromatic ring is 1. The molecule has 0 spiro atoms. The Morgan fingerprint density at radius 3 is 2.31 bits per heavy atom. The fourth-order valence-electron chi connectivity index (χ4n) is 7.28. The van der Waals surface area contributed by atoms with Gasteiger partial charge in [0, 0.05) is 41.2 Å². The Kier molecular flexibility index (Phi) is 8.37. The summed E-state index contributed by atoms with van der Waals surface area (Å²) in [6.45, 7) is 3.80. The highest BCUT2D eigenvalue weighted by Gasteiger charge is 2.55. The zero-order valence-corrected chi connectivity index (χ0v) is 29.7. The van der Waals surface area contributed by atoms with Gasteiger partial charge in [0.15, 0.2) is 40.8 Å². The van der Waals surface area contributed by atoms with Crippen molar-refractivity contribution < 1.29 is 33.3 Å². The smallest absolute Gasteiger partial charge is 0.305 e. The minimum atomic E-state index is -1.42. The van der Waals surface area contributed by atoms with Crippen LogP contribution in [0.3, 0.4) is 0 Å². The zero-order chi connectivity index (χ0) is 37.7. The molecule has 2 saturated heterocycles. The van der Waals surface area contributed by atoms with Crippen LogP contribution in [0.15, 0.2) is 122 Å². The molecule has 3 aliphatic rings. The summed E-state index contributed by atoms with van der Waals surface area (Å²) >= 11 is 0. The van der Waals surface area contributed by atoms with Crippen molar-refractivity contribution in [3.8, 4) is 11.5 Å². The second-order valence-corrected chi connectivity index (χ2v) is 13.7. The summed E-state index contributed by atoms with van der Waals surface area (Å²) in [5.74, 6) is -2.33. The second kappa shape index (κ2) is 13.4. The van der Waals surface area contributed by atoms with Crippen molar-refractivity contribution in [3.63, 3.8) is 0 Å². The quantitative estimate of drug-likeness (QED) is 0.148. The van der Waals surface area contributed by atoms with Gasteiger partial charge >= 0.3 is 5.79 Å². The lowest BCUT2D eigenvalue weighted by atomic mass is 9.97. The number of hydrogen-bond donors (Lipinski definition) is 2. The van der Waals surface area contributed by atoms with Crippen LogP contribution in [0.4, 0.5) is 5.82 Å². The first-order valence-corrected chi connectivity index (χ1v) is 17.7. The number of ketones is 1. The van der Waals surface area contributed by atoms with Gasteiger partial charge in [-0.2, -0.15) is 0 Å². The second-order valence-electron chi connectivity index (χ2n) is 13.7. The monoisotopic (exact) mass is 737 g/mol. The van der Waals surface area contributed by atoms with Crippen LogP contribution in [-0.2, 0) is 20.0 Å². The van der Waals surface area contributed by atoms with Crippen molar-refractivity contribution >= 4 is 28.7 Å². The van der Waals surface area contributed by atoms with Crippen LogP contribution in [-0.4, -0.2) is 66.8 Å². The number of aromatic nitrogens is 5. The molecule has 1 unspecified atom stereocenters. The van der Waals surface area contributed by atoms with Gasteiger partial charge in [-0.15, -0.1) is 0 Å². The van der Waals surface area contributed by atoms with Crippen molar-refractivity contribution in [1.29, 1.82) is 0 Å². The summed E-state index contributed by atoms with van der Waals surface area (Å²) in [7, 11) is 0. The molecule has 0 radical (unpaired) electrons. The molecule has 3 aromatic carbocycles. The number of nitrogens with one attached hydrogen (secondary N) is 1. The van der Waals surface area contributed by atoms with Crippen molar-refractivity contribution in [3.05, 3.63) is 150 Å². The van der Waals surface area contributed by atoms with Crippen LogP contribution < -0.4 is 20.5 Å². The molecule has 2 fully saturated rings. The maximum Gasteiger partial charge on any atom is 0.305 e. The average molecular weight is 738 g/mol. The van der Waals surface area contributed by atoms with E-state index in [4.69, 9.17) is 29.4 Å². The number of anilines is 1. The first kappa shape index (κ1) is 34.3. The summed E-state index contributed by atoms with van der Waals surface area (Å²) in [6, 6.07) is 25.3. The van der Waals surface area contributed by atoms with Crippen molar-refractivity contribution in [1.82, 2.24) is 29.8 Å². The van der Waals surface area contributed by atoms with E-state index in [1.54, 1.807) is 47.6 Å². The normalized spacial score (nSPS) is 21.9. The van der Waals surface area contributed by atoms with Gasteiger partial charge < -0.3 is 34.7 Å². The highest BCUT2D eigenvalue weighted by atomic mass is 16.8. The van der Waals surface area contributed by atoms with E-state index in [0.717, 1.165) is 0 Å². The van der Waals surface area contributed by atoms with Crippen molar-refractivity contribution in [2.75, 3.05) is 12.3 Å². The first-order valence-electron chi connectivity index (χ1n) is 17.7. The number of imidazole rings is 1. The minimum absolute atomic E-state index is 0.115. The Bertz CT molecular complexity index is 2400. The maximum absolute atomic E-state index is 14.1. The molecular weight excluding hydrogens is 702 g/mol. The largest absolute Gasteiger partial charge is 0.440 e. The third-order valence-corrected chi connectivity index (χ3v) is 9.74. The predicted molar refractivity (Wildman–Crippen MR) is 198 cm³/mol. The van der Waals surface area contributed by atoms with Crippen LogP contribution in [0.1, 0.15) is 57.5 Å². The molecule has 14 heteroatoms. The molecule has 3 aliphatic heterocycles. The molecule has 0 aliphatic carbocycles. The van der Waals surface area contributed by atoms with Crippen LogP contribution in [0.2, 0.25) is 0 Å². The predicted octanol–water partition coefficient (Wildman–Crippen LogP) is 5.11. The zero-order valence-electron chi connectivity index (χ0n) is 29.7. The lowest BCUT2D eigenvalue weighted by molar-refractivity contribution is -0.191. The number of carbonyl (C=O) groups excluding carboxylic acids is 2. The van der Waals surface area contributed by atoms with Gasteiger partial charge in [0.25, 0.3) is 5.91 Å². The Hall–Kier alpha value is -6.48. The molecule has 0 bridgehead atoms. The third kappa shape index (κ3) is 6.06. The van der Waals surface area contributed by atoms with E-state index in [-0.39, 0.29) is 40.8 Å². The topological polar surface area (TPSA) is 175 Å². The number of hydrogen-bond acceptors (Lipinski definition) is 12. The van der Waals surface area contributed by atoms with Gasteiger partial charge in [-0.25, -0.2) is 15.0 Å². The van der Waals surface area contributed by atoms with E-state index in [1.807, 2.05) is 80.6 Å². The number of ether oxygens (including phenoxy) is 5. The van der Waals surface area contributed by atoms with Gasteiger partial charge in [-0.05, 0) is 38.1 Å². The number of nitrogens with zero attached hydrogens (tertiary/aromatic N) is 5. The number of rotatable bonds is 9. The van der Waals surface area contributed by atoms with Gasteiger partial charge in [0.2, 0.25) is 0 Å². The van der Waals surface area contributed by atoms with Crippen LogP contribution in [0.5, 0.6) is 11.5 Å². The highest BCUT2D eigenvalue weighted by Crippen LogP contribution is 2.50. The number of carbonyl (C=O) groups is 2. The van der Waals surface area contributed by atoms with Gasteiger partial charge in [0.05, 0.1) is 11.9 Å². The molecule has 3 aromatic heterocycles. The molecule has 6 aromatic rings. The van der Waals surface area contributed by atoms with Gasteiger partial charge in [0.1, 0.15) is 30.2 Å². The summed E-state index contributed by atoms with van der Waals surface area (Å²) in [5.41, 5.74) is 9.22. The first-order chi connectivity index (χ1) is 26.7. The Balaban J connectivity index is 1.00. The summed E-state index contributed by atoms with van der Waals surface area (Å²) in [6.07, 6.45) is 7.56. The third-order valence-electron chi connectivity index (χ3n) is 9.74. The molecular formula is C41H35N7O7.